The molecule has 0 radical (unpaired) electrons. The van der Waals surface area contributed by atoms with Crippen LogP contribution in [0.3, 0.4) is 0 Å². The molecule has 0 fully saturated rings. The molecule has 1 atom stereocenters. The van der Waals surface area contributed by atoms with Gasteiger partial charge in [0.1, 0.15) is 18.2 Å². The van der Waals surface area contributed by atoms with Crippen LogP contribution in [0.1, 0.15) is 40.1 Å². The van der Waals surface area contributed by atoms with E-state index in [4.69, 9.17) is 9.47 Å². The third-order valence-electron chi connectivity index (χ3n) is 5.44. The third kappa shape index (κ3) is 3.19. The van der Waals surface area contributed by atoms with Crippen LogP contribution in [-0.4, -0.2) is 22.4 Å². The van der Waals surface area contributed by atoms with Gasteiger partial charge >= 0.3 is 0 Å². The van der Waals surface area contributed by atoms with E-state index in [1.54, 1.807) is 18.3 Å². The maximum atomic E-state index is 12.8. The molecule has 1 unspecified atom stereocenters. The molecule has 2 aliphatic rings. The number of ketones is 1. The van der Waals surface area contributed by atoms with E-state index >= 15 is 0 Å². The van der Waals surface area contributed by atoms with Crippen molar-refractivity contribution >= 4 is 11.9 Å². The Morgan fingerprint density at radius 2 is 1.90 bits per heavy atom. The Morgan fingerprint density at radius 3 is 2.69 bits per heavy atom. The highest BCUT2D eigenvalue weighted by atomic mass is 16.5. The molecule has 144 valence electrons. The first-order valence-electron chi connectivity index (χ1n) is 9.63. The van der Waals surface area contributed by atoms with Crippen LogP contribution in [0, 0.1) is 0 Å². The van der Waals surface area contributed by atoms with Gasteiger partial charge < -0.3 is 9.47 Å². The van der Waals surface area contributed by atoms with Crippen molar-refractivity contribution in [2.75, 3.05) is 6.73 Å². The molecule has 5 heteroatoms. The molecule has 2 aliphatic heterocycles. The molecule has 3 aromatic rings. The molecule has 3 heterocycles. The lowest BCUT2D eigenvalue weighted by Crippen LogP contribution is -2.34. The van der Waals surface area contributed by atoms with Crippen LogP contribution in [0.25, 0.3) is 6.08 Å². The molecular formula is C24H20N2O3. The van der Waals surface area contributed by atoms with Crippen molar-refractivity contribution in [3.63, 3.8) is 0 Å². The summed E-state index contributed by atoms with van der Waals surface area (Å²) in [5, 5.41) is 0. The smallest absolute Gasteiger partial charge is 0.232 e. The van der Waals surface area contributed by atoms with Crippen LogP contribution in [0.5, 0.6) is 11.5 Å². The molecule has 0 saturated heterocycles. The van der Waals surface area contributed by atoms with Crippen molar-refractivity contribution in [3.8, 4) is 11.5 Å². The molecule has 5 nitrogen and oxygen atoms in total. The Hall–Kier alpha value is -3.44. The molecule has 0 N–H and O–H groups in total. The quantitative estimate of drug-likeness (QED) is 0.617. The second-order valence-corrected chi connectivity index (χ2v) is 7.22. The number of carbonyl (C=O) groups excluding carboxylic acids is 1. The zero-order valence-electron chi connectivity index (χ0n) is 16.0. The predicted octanol–water partition coefficient (Wildman–Crippen LogP) is 4.61. The minimum atomic E-state index is -0.123. The molecular weight excluding hydrogens is 364 g/mol. The van der Waals surface area contributed by atoms with Crippen molar-refractivity contribution in [1.29, 1.82) is 0 Å². The van der Waals surface area contributed by atoms with Gasteiger partial charge in [-0.25, -0.2) is 0 Å². The van der Waals surface area contributed by atoms with Gasteiger partial charge in [-0.3, -0.25) is 14.7 Å². The second-order valence-electron chi connectivity index (χ2n) is 7.22. The molecule has 5 rings (SSSR count). The van der Waals surface area contributed by atoms with E-state index in [0.29, 0.717) is 36.0 Å². The van der Waals surface area contributed by atoms with Crippen LogP contribution in [-0.2, 0) is 6.54 Å². The summed E-state index contributed by atoms with van der Waals surface area (Å²) < 4.78 is 12.0. The number of ether oxygens (including phenoxy) is 2. The number of Topliss-reactive ketones (excluding diaryl/α,β-unsaturated/α-hetero) is 1. The number of nitrogens with zero attached hydrogens (tertiary/aromatic N) is 2. The molecule has 29 heavy (non-hydrogen) atoms. The van der Waals surface area contributed by atoms with Gasteiger partial charge in [-0.15, -0.1) is 0 Å². The van der Waals surface area contributed by atoms with Crippen molar-refractivity contribution in [2.45, 2.75) is 19.5 Å². The largest absolute Gasteiger partial charge is 0.478 e. The topological polar surface area (TPSA) is 51.7 Å². The summed E-state index contributed by atoms with van der Waals surface area (Å²) in [5.41, 5.74) is 3.39. The molecule has 0 amide bonds. The number of fused-ring (bicyclic) bond motifs is 3. The highest BCUT2D eigenvalue weighted by molar-refractivity contribution is 6.14. The second kappa shape index (κ2) is 7.18. The molecule has 0 spiro atoms. The lowest BCUT2D eigenvalue weighted by molar-refractivity contribution is 0.0606. The molecule has 0 aliphatic carbocycles. The Kier molecular flexibility index (Phi) is 4.37. The zero-order chi connectivity index (χ0) is 19.8. The number of allylic oxidation sites excluding steroid dienone is 1. The molecule has 1 aromatic heterocycles. The third-order valence-corrected chi connectivity index (χ3v) is 5.44. The number of rotatable bonds is 3. The van der Waals surface area contributed by atoms with Gasteiger partial charge in [0.15, 0.2) is 5.76 Å². The van der Waals surface area contributed by atoms with Crippen molar-refractivity contribution in [2.24, 2.45) is 0 Å². The lowest BCUT2D eigenvalue weighted by Gasteiger charge is -2.34. The van der Waals surface area contributed by atoms with Gasteiger partial charge in [0, 0.05) is 24.9 Å². The molecule has 0 saturated carbocycles. The number of pyridine rings is 1. The van der Waals surface area contributed by atoms with E-state index in [-0.39, 0.29) is 11.8 Å². The predicted molar refractivity (Wildman–Crippen MR) is 110 cm³/mol. The van der Waals surface area contributed by atoms with Gasteiger partial charge in [-0.2, -0.15) is 0 Å². The van der Waals surface area contributed by atoms with Crippen molar-refractivity contribution in [1.82, 2.24) is 9.88 Å². The highest BCUT2D eigenvalue weighted by Gasteiger charge is 2.34. The van der Waals surface area contributed by atoms with Crippen LogP contribution < -0.4 is 9.47 Å². The summed E-state index contributed by atoms with van der Waals surface area (Å²) in [6.45, 7) is 3.30. The summed E-state index contributed by atoms with van der Waals surface area (Å²) in [5.74, 6) is 1.54. The van der Waals surface area contributed by atoms with Gasteiger partial charge in [0.05, 0.1) is 16.8 Å². The standard InChI is InChI=1S/C24H20N2O3/c1-16(17-7-3-2-4-8-17)26-14-20-21(28-15-26)11-10-19-23(27)22(29-24(19)20)13-18-9-5-6-12-25-18/h2-13,16H,14-15H2,1H3/b22-13-. The average molecular weight is 384 g/mol. The van der Waals surface area contributed by atoms with Crippen LogP contribution in [0.4, 0.5) is 0 Å². The molecule has 2 aromatic carbocycles. The Bertz CT molecular complexity index is 1090. The van der Waals surface area contributed by atoms with E-state index in [1.807, 2.05) is 42.5 Å². The van der Waals surface area contributed by atoms with Crippen LogP contribution in [0.15, 0.2) is 72.6 Å². The maximum absolute atomic E-state index is 12.8. The lowest BCUT2D eigenvalue weighted by atomic mass is 10.0. The van der Waals surface area contributed by atoms with Gasteiger partial charge in [-0.05, 0) is 36.8 Å². The Morgan fingerprint density at radius 1 is 1.07 bits per heavy atom. The SMILES string of the molecule is CC(c1ccccc1)N1COc2ccc3c(c2C1)O/C(=C\c1ccccn1)C3=O. The Balaban J connectivity index is 1.46. The van der Waals surface area contributed by atoms with E-state index in [0.717, 1.165) is 11.3 Å². The van der Waals surface area contributed by atoms with Crippen LogP contribution >= 0.6 is 0 Å². The zero-order valence-corrected chi connectivity index (χ0v) is 16.0. The number of aromatic nitrogens is 1. The first-order valence-corrected chi connectivity index (χ1v) is 9.63. The van der Waals surface area contributed by atoms with E-state index in [2.05, 4.69) is 28.9 Å². The first-order chi connectivity index (χ1) is 14.2. The maximum Gasteiger partial charge on any atom is 0.232 e. The van der Waals surface area contributed by atoms with Crippen LogP contribution in [0.2, 0.25) is 0 Å². The first kappa shape index (κ1) is 17.6. The fourth-order valence-corrected chi connectivity index (χ4v) is 3.76. The summed E-state index contributed by atoms with van der Waals surface area (Å²) in [6, 6.07) is 19.7. The van der Waals surface area contributed by atoms with Gasteiger partial charge in [0.2, 0.25) is 5.78 Å². The van der Waals surface area contributed by atoms with E-state index in [1.165, 1.54) is 5.56 Å². The van der Waals surface area contributed by atoms with Gasteiger partial charge in [-0.1, -0.05) is 36.4 Å². The summed E-state index contributed by atoms with van der Waals surface area (Å²) in [6.07, 6.45) is 3.38. The minimum Gasteiger partial charge on any atom is -0.478 e. The highest BCUT2D eigenvalue weighted by Crippen LogP contribution is 2.43. The average Bonchev–Trinajstić information content (AvgIpc) is 3.10. The summed E-state index contributed by atoms with van der Waals surface area (Å²) >= 11 is 0. The fourth-order valence-electron chi connectivity index (χ4n) is 3.76. The fraction of sp³-hybridized carbons (Fsp3) is 0.167. The summed E-state index contributed by atoms with van der Waals surface area (Å²) in [7, 11) is 0. The Labute approximate surface area is 169 Å². The number of hydrogen-bond acceptors (Lipinski definition) is 5. The summed E-state index contributed by atoms with van der Waals surface area (Å²) in [4.78, 5) is 19.3. The van der Waals surface area contributed by atoms with Gasteiger partial charge in [0.25, 0.3) is 0 Å². The normalized spacial score (nSPS) is 18.0. The minimum absolute atomic E-state index is 0.123. The van der Waals surface area contributed by atoms with Crippen molar-refractivity contribution < 1.29 is 14.3 Å². The van der Waals surface area contributed by atoms with Crippen molar-refractivity contribution in [3.05, 3.63) is 95.0 Å². The number of hydrogen-bond donors (Lipinski definition) is 0. The van der Waals surface area contributed by atoms with E-state index < -0.39 is 0 Å². The molecule has 0 bridgehead atoms. The van der Waals surface area contributed by atoms with E-state index in [9.17, 15) is 4.79 Å². The number of benzene rings is 2. The number of carbonyl (C=O) groups is 1. The monoisotopic (exact) mass is 384 g/mol.